The summed E-state index contributed by atoms with van der Waals surface area (Å²) in [6.45, 7) is 2.89. The van der Waals surface area contributed by atoms with Crippen LogP contribution >= 0.6 is 0 Å². The third-order valence-electron chi connectivity index (χ3n) is 3.80. The maximum atomic E-state index is 6.37. The molecular formula is C14H18N4O. The Morgan fingerprint density at radius 2 is 1.95 bits per heavy atom. The second kappa shape index (κ2) is 5.11. The van der Waals surface area contributed by atoms with E-state index >= 15 is 0 Å². The fraction of sp³-hybridized carbons (Fsp3) is 0.429. The first kappa shape index (κ1) is 12.3. The van der Waals surface area contributed by atoms with Gasteiger partial charge in [0.25, 0.3) is 0 Å². The molecule has 5 heteroatoms. The summed E-state index contributed by atoms with van der Waals surface area (Å²) in [6.07, 6.45) is 3.07. The lowest BCUT2D eigenvalue weighted by Gasteiger charge is -2.37. The zero-order valence-corrected chi connectivity index (χ0v) is 10.8. The van der Waals surface area contributed by atoms with Crippen molar-refractivity contribution in [2.75, 3.05) is 13.1 Å². The van der Waals surface area contributed by atoms with Crippen LogP contribution in [0.4, 0.5) is 0 Å². The molecule has 2 N–H and O–H groups in total. The van der Waals surface area contributed by atoms with Crippen LogP contribution in [0.2, 0.25) is 0 Å². The fourth-order valence-corrected chi connectivity index (χ4v) is 2.57. The van der Waals surface area contributed by atoms with Gasteiger partial charge in [0, 0.05) is 19.6 Å². The van der Waals surface area contributed by atoms with Gasteiger partial charge >= 0.3 is 0 Å². The molecule has 0 amide bonds. The number of piperidine rings is 1. The lowest BCUT2D eigenvalue weighted by atomic mass is 9.88. The molecule has 0 bridgehead atoms. The van der Waals surface area contributed by atoms with Crippen molar-refractivity contribution in [3.8, 4) is 0 Å². The molecule has 19 heavy (non-hydrogen) atoms. The molecule has 3 rings (SSSR count). The molecule has 5 nitrogen and oxygen atoms in total. The van der Waals surface area contributed by atoms with Gasteiger partial charge in [-0.05, 0) is 18.4 Å². The number of nitrogens with two attached hydrogens (primary N) is 1. The van der Waals surface area contributed by atoms with Crippen molar-refractivity contribution in [3.63, 3.8) is 0 Å². The van der Waals surface area contributed by atoms with Crippen LogP contribution < -0.4 is 5.73 Å². The lowest BCUT2D eigenvalue weighted by molar-refractivity contribution is 0.148. The SMILES string of the molecule is NC1(c2ncon2)CCN(Cc2ccccc2)CC1. The van der Waals surface area contributed by atoms with Crippen LogP contribution in [0.25, 0.3) is 0 Å². The average molecular weight is 258 g/mol. The van der Waals surface area contributed by atoms with E-state index in [0.29, 0.717) is 5.82 Å². The van der Waals surface area contributed by atoms with E-state index in [1.54, 1.807) is 0 Å². The molecular weight excluding hydrogens is 240 g/mol. The monoisotopic (exact) mass is 258 g/mol. The van der Waals surface area contributed by atoms with E-state index in [-0.39, 0.29) is 0 Å². The highest BCUT2D eigenvalue weighted by molar-refractivity contribution is 5.15. The first-order chi connectivity index (χ1) is 9.26. The summed E-state index contributed by atoms with van der Waals surface area (Å²) in [4.78, 5) is 6.52. The van der Waals surface area contributed by atoms with Gasteiger partial charge < -0.3 is 10.3 Å². The largest absolute Gasteiger partial charge is 0.343 e. The summed E-state index contributed by atoms with van der Waals surface area (Å²) in [7, 11) is 0. The highest BCUT2D eigenvalue weighted by Crippen LogP contribution is 2.28. The number of hydrogen-bond donors (Lipinski definition) is 1. The first-order valence-electron chi connectivity index (χ1n) is 6.58. The highest BCUT2D eigenvalue weighted by atomic mass is 16.5. The summed E-state index contributed by atoms with van der Waals surface area (Å²) in [5.74, 6) is 0.631. The predicted octanol–water partition coefficient (Wildman–Crippen LogP) is 1.52. The fourth-order valence-electron chi connectivity index (χ4n) is 2.57. The molecule has 100 valence electrons. The van der Waals surface area contributed by atoms with Gasteiger partial charge in [-0.25, -0.2) is 0 Å². The molecule has 1 aromatic heterocycles. The maximum absolute atomic E-state index is 6.37. The van der Waals surface area contributed by atoms with E-state index in [2.05, 4.69) is 39.3 Å². The molecule has 0 saturated carbocycles. The van der Waals surface area contributed by atoms with Crippen molar-refractivity contribution >= 4 is 0 Å². The minimum Gasteiger partial charge on any atom is -0.343 e. The van der Waals surface area contributed by atoms with E-state index in [0.717, 1.165) is 32.5 Å². The van der Waals surface area contributed by atoms with E-state index in [4.69, 9.17) is 10.3 Å². The van der Waals surface area contributed by atoms with Gasteiger partial charge in [-0.1, -0.05) is 35.5 Å². The third-order valence-corrected chi connectivity index (χ3v) is 3.80. The van der Waals surface area contributed by atoms with Crippen molar-refractivity contribution in [3.05, 3.63) is 48.1 Å². The summed E-state index contributed by atoms with van der Waals surface area (Å²) < 4.78 is 4.80. The van der Waals surface area contributed by atoms with Crippen molar-refractivity contribution in [2.24, 2.45) is 5.73 Å². The van der Waals surface area contributed by atoms with Crippen LogP contribution in [0.15, 0.2) is 41.2 Å². The van der Waals surface area contributed by atoms with E-state index in [1.807, 2.05) is 6.07 Å². The quantitative estimate of drug-likeness (QED) is 0.904. The van der Waals surface area contributed by atoms with Crippen molar-refractivity contribution in [1.82, 2.24) is 15.0 Å². The number of likely N-dealkylation sites (tertiary alicyclic amines) is 1. The topological polar surface area (TPSA) is 68.2 Å². The van der Waals surface area contributed by atoms with Gasteiger partial charge in [-0.3, -0.25) is 4.90 Å². The zero-order chi connectivity index (χ0) is 13.1. The van der Waals surface area contributed by atoms with Gasteiger partial charge in [0.2, 0.25) is 6.39 Å². The normalized spacial score (nSPS) is 19.4. The summed E-state index contributed by atoms with van der Waals surface area (Å²) in [5, 5.41) is 3.89. The minimum atomic E-state index is -0.430. The number of hydrogen-bond acceptors (Lipinski definition) is 5. The molecule has 1 saturated heterocycles. The summed E-state index contributed by atoms with van der Waals surface area (Å²) >= 11 is 0. The molecule has 2 heterocycles. The molecule has 1 aliphatic heterocycles. The van der Waals surface area contributed by atoms with Gasteiger partial charge in [-0.15, -0.1) is 0 Å². The Hall–Kier alpha value is -1.72. The molecule has 0 unspecified atom stereocenters. The van der Waals surface area contributed by atoms with Crippen LogP contribution in [-0.4, -0.2) is 28.1 Å². The van der Waals surface area contributed by atoms with Gasteiger partial charge in [-0.2, -0.15) is 4.98 Å². The smallest absolute Gasteiger partial charge is 0.213 e. The van der Waals surface area contributed by atoms with Gasteiger partial charge in [0.15, 0.2) is 5.82 Å². The molecule has 0 spiro atoms. The molecule has 0 atom stereocenters. The molecule has 0 radical (unpaired) electrons. The van der Waals surface area contributed by atoms with Crippen LogP contribution in [0.3, 0.4) is 0 Å². The number of aromatic nitrogens is 2. The Morgan fingerprint density at radius 3 is 2.58 bits per heavy atom. The zero-order valence-electron chi connectivity index (χ0n) is 10.8. The Kier molecular flexibility index (Phi) is 3.31. The molecule has 1 aromatic carbocycles. The van der Waals surface area contributed by atoms with E-state index in [1.165, 1.54) is 12.0 Å². The van der Waals surface area contributed by atoms with Crippen LogP contribution in [0.5, 0.6) is 0 Å². The lowest BCUT2D eigenvalue weighted by Crippen LogP contribution is -2.48. The Bertz CT molecular complexity index is 504. The standard InChI is InChI=1S/C14H18N4O/c15-14(13-16-11-19-17-13)6-8-18(9-7-14)10-12-4-2-1-3-5-12/h1-5,11H,6-10,15H2. The highest BCUT2D eigenvalue weighted by Gasteiger charge is 2.35. The summed E-state index contributed by atoms with van der Waals surface area (Å²) in [5.41, 5.74) is 7.28. The molecule has 1 aliphatic rings. The van der Waals surface area contributed by atoms with E-state index < -0.39 is 5.54 Å². The van der Waals surface area contributed by atoms with Crippen LogP contribution in [-0.2, 0) is 12.1 Å². The van der Waals surface area contributed by atoms with Crippen molar-refractivity contribution < 1.29 is 4.52 Å². The van der Waals surface area contributed by atoms with Crippen molar-refractivity contribution in [2.45, 2.75) is 24.9 Å². The average Bonchev–Trinajstić information content (AvgIpc) is 2.98. The third kappa shape index (κ3) is 2.67. The van der Waals surface area contributed by atoms with Crippen LogP contribution in [0.1, 0.15) is 24.2 Å². The molecule has 2 aromatic rings. The van der Waals surface area contributed by atoms with E-state index in [9.17, 15) is 0 Å². The Labute approximate surface area is 112 Å². The number of rotatable bonds is 3. The Morgan fingerprint density at radius 1 is 1.21 bits per heavy atom. The summed E-state index contributed by atoms with van der Waals surface area (Å²) in [6, 6.07) is 10.5. The first-order valence-corrected chi connectivity index (χ1v) is 6.58. The second-order valence-corrected chi connectivity index (χ2v) is 5.17. The molecule has 1 fully saturated rings. The van der Waals surface area contributed by atoms with Gasteiger partial charge in [0.05, 0.1) is 5.54 Å². The van der Waals surface area contributed by atoms with Gasteiger partial charge in [0.1, 0.15) is 0 Å². The maximum Gasteiger partial charge on any atom is 0.213 e. The number of nitrogens with zero attached hydrogens (tertiary/aromatic N) is 3. The molecule has 0 aliphatic carbocycles. The predicted molar refractivity (Wildman–Crippen MR) is 71.1 cm³/mol. The van der Waals surface area contributed by atoms with Crippen LogP contribution in [0, 0.1) is 0 Å². The minimum absolute atomic E-state index is 0.430. The Balaban J connectivity index is 1.61. The van der Waals surface area contributed by atoms with Crippen molar-refractivity contribution in [1.29, 1.82) is 0 Å². The number of benzene rings is 1. The second-order valence-electron chi connectivity index (χ2n) is 5.17.